The fourth-order valence-corrected chi connectivity index (χ4v) is 2.22. The first-order valence-electron chi connectivity index (χ1n) is 6.27. The number of aromatic nitrogens is 2. The first-order chi connectivity index (χ1) is 9.60. The Hall–Kier alpha value is -1.61. The first kappa shape index (κ1) is 15.8. The maximum absolute atomic E-state index is 14.0. The lowest BCUT2D eigenvalue weighted by Crippen LogP contribution is -2.36. The summed E-state index contributed by atoms with van der Waals surface area (Å²) in [6.45, 7) is 2.02. The van der Waals surface area contributed by atoms with E-state index in [2.05, 4.69) is 0 Å². The molecule has 6 nitrogen and oxygen atoms in total. The van der Waals surface area contributed by atoms with Crippen LogP contribution in [0.25, 0.3) is 0 Å². The molecule has 0 spiro atoms. The van der Waals surface area contributed by atoms with Crippen molar-refractivity contribution in [2.45, 2.75) is 50.8 Å². The highest BCUT2D eigenvalue weighted by Gasteiger charge is 2.48. The molecule has 1 fully saturated rings. The van der Waals surface area contributed by atoms with E-state index in [1.807, 2.05) is 4.98 Å². The average Bonchev–Trinajstić information content (AvgIpc) is 2.60. The Bertz CT molecular complexity index is 637. The van der Waals surface area contributed by atoms with E-state index in [1.54, 1.807) is 0 Å². The zero-order chi connectivity index (χ0) is 15.9. The molecule has 0 unspecified atom stereocenters. The normalized spacial score (nSPS) is 29.8. The lowest BCUT2D eigenvalue weighted by Gasteiger charge is -2.18. The fourth-order valence-electron chi connectivity index (χ4n) is 2.22. The number of aliphatic hydroxyl groups excluding tert-OH is 1. The molecule has 1 aliphatic heterocycles. The number of halogens is 3. The summed E-state index contributed by atoms with van der Waals surface area (Å²) in [6, 6.07) is 0. The average molecular weight is 308 g/mol. The molecule has 21 heavy (non-hydrogen) atoms. The van der Waals surface area contributed by atoms with Crippen LogP contribution in [0.3, 0.4) is 0 Å². The van der Waals surface area contributed by atoms with Crippen LogP contribution in [-0.4, -0.2) is 39.0 Å². The minimum absolute atomic E-state index is 0.129. The number of aromatic amines is 1. The van der Waals surface area contributed by atoms with Crippen LogP contribution >= 0.6 is 0 Å². The number of hydrogen-bond acceptors (Lipinski definition) is 4. The number of aliphatic hydroxyl groups is 1. The summed E-state index contributed by atoms with van der Waals surface area (Å²) >= 11 is 0. The van der Waals surface area contributed by atoms with E-state index in [-0.39, 0.29) is 5.56 Å². The predicted octanol–water partition coefficient (Wildman–Crippen LogP) is 0.487. The van der Waals surface area contributed by atoms with Crippen molar-refractivity contribution in [2.24, 2.45) is 0 Å². The summed E-state index contributed by atoms with van der Waals surface area (Å²) in [6.07, 6.45) is -6.64. The van der Waals surface area contributed by atoms with E-state index >= 15 is 0 Å². The second kappa shape index (κ2) is 5.30. The number of hydrogen-bond donors (Lipinski definition) is 2. The largest absolute Gasteiger partial charge is 0.387 e. The van der Waals surface area contributed by atoms with E-state index in [0.29, 0.717) is 6.92 Å². The number of rotatable bonds is 3. The summed E-state index contributed by atoms with van der Waals surface area (Å²) in [4.78, 5) is 24.9. The van der Waals surface area contributed by atoms with E-state index in [1.165, 1.54) is 6.92 Å². The second-order valence-electron chi connectivity index (χ2n) is 5.25. The molecule has 0 aromatic carbocycles. The molecule has 1 saturated heterocycles. The summed E-state index contributed by atoms with van der Waals surface area (Å²) in [7, 11) is 0. The van der Waals surface area contributed by atoms with E-state index in [4.69, 9.17) is 4.74 Å². The molecule has 0 radical (unpaired) electrons. The summed E-state index contributed by atoms with van der Waals surface area (Å²) in [5.74, 6) is -3.15. The lowest BCUT2D eigenvalue weighted by molar-refractivity contribution is -0.0843. The molecule has 1 aromatic rings. The molecule has 0 saturated carbocycles. The summed E-state index contributed by atoms with van der Waals surface area (Å²) in [5.41, 5.74) is -1.44. The van der Waals surface area contributed by atoms with Gasteiger partial charge in [0.15, 0.2) is 12.4 Å². The number of alkyl halides is 3. The van der Waals surface area contributed by atoms with Gasteiger partial charge in [0, 0.05) is 18.2 Å². The van der Waals surface area contributed by atoms with Crippen molar-refractivity contribution in [1.29, 1.82) is 0 Å². The number of nitrogens with zero attached hydrogens (tertiary/aromatic N) is 1. The Kier molecular flexibility index (Phi) is 3.98. The van der Waals surface area contributed by atoms with Crippen molar-refractivity contribution < 1.29 is 23.0 Å². The van der Waals surface area contributed by atoms with Gasteiger partial charge in [-0.15, -0.1) is 0 Å². The van der Waals surface area contributed by atoms with Gasteiger partial charge in [0.25, 0.3) is 5.56 Å². The van der Waals surface area contributed by atoms with Gasteiger partial charge in [-0.05, 0) is 13.8 Å². The van der Waals surface area contributed by atoms with Crippen LogP contribution in [0.5, 0.6) is 0 Å². The molecule has 2 rings (SSSR count). The Morgan fingerprint density at radius 1 is 1.48 bits per heavy atom. The van der Waals surface area contributed by atoms with E-state index < -0.39 is 48.2 Å². The molecule has 0 amide bonds. The zero-order valence-corrected chi connectivity index (χ0v) is 11.3. The van der Waals surface area contributed by atoms with Gasteiger partial charge in [-0.1, -0.05) is 0 Å². The molecule has 4 atom stereocenters. The van der Waals surface area contributed by atoms with Crippen molar-refractivity contribution in [3.8, 4) is 0 Å². The predicted molar refractivity (Wildman–Crippen MR) is 66.1 cm³/mol. The molecule has 1 aliphatic rings. The number of aryl methyl sites for hydroxylation is 1. The van der Waals surface area contributed by atoms with Gasteiger partial charge in [-0.2, -0.15) is 0 Å². The van der Waals surface area contributed by atoms with Gasteiger partial charge in [0.2, 0.25) is 5.92 Å². The fraction of sp³-hybridized carbons (Fsp3) is 0.667. The number of nitrogens with one attached hydrogen (secondary N) is 1. The monoisotopic (exact) mass is 308 g/mol. The van der Waals surface area contributed by atoms with Crippen LogP contribution in [0.2, 0.25) is 0 Å². The molecule has 0 bridgehead atoms. The lowest BCUT2D eigenvalue weighted by atomic mass is 10.1. The Labute approximate surface area is 117 Å². The third kappa shape index (κ3) is 3.18. The van der Waals surface area contributed by atoms with Gasteiger partial charge in [0.05, 0.1) is 6.10 Å². The quantitative estimate of drug-likeness (QED) is 0.851. The van der Waals surface area contributed by atoms with Gasteiger partial charge in [0.1, 0.15) is 6.10 Å². The highest BCUT2D eigenvalue weighted by molar-refractivity contribution is 5.03. The van der Waals surface area contributed by atoms with Crippen molar-refractivity contribution in [2.75, 3.05) is 0 Å². The molecular formula is C12H15F3N2O4. The Morgan fingerprint density at radius 3 is 2.67 bits per heavy atom. The van der Waals surface area contributed by atoms with Crippen molar-refractivity contribution in [3.05, 3.63) is 32.6 Å². The first-order valence-corrected chi connectivity index (χ1v) is 6.27. The van der Waals surface area contributed by atoms with E-state index in [9.17, 15) is 27.9 Å². The van der Waals surface area contributed by atoms with Crippen LogP contribution in [0.15, 0.2) is 15.8 Å². The van der Waals surface area contributed by atoms with Crippen LogP contribution in [0.4, 0.5) is 13.2 Å². The molecule has 9 heteroatoms. The maximum Gasteiger partial charge on any atom is 0.330 e. The Morgan fingerprint density at radius 2 is 2.10 bits per heavy atom. The zero-order valence-electron chi connectivity index (χ0n) is 11.3. The van der Waals surface area contributed by atoms with Crippen LogP contribution in [0.1, 0.15) is 25.1 Å². The topological polar surface area (TPSA) is 84.3 Å². The van der Waals surface area contributed by atoms with Crippen LogP contribution < -0.4 is 11.2 Å². The third-order valence-electron chi connectivity index (χ3n) is 3.27. The number of H-pyrrole nitrogens is 1. The van der Waals surface area contributed by atoms with Gasteiger partial charge in [-0.25, -0.2) is 18.0 Å². The highest BCUT2D eigenvalue weighted by Crippen LogP contribution is 2.35. The summed E-state index contributed by atoms with van der Waals surface area (Å²) in [5, 5.41) is 9.65. The van der Waals surface area contributed by atoms with Crippen molar-refractivity contribution in [3.63, 3.8) is 0 Å². The SMILES string of the molecule is Cc1cn([C@@H]2O[C@H](CC(C)(F)F)[C@@H](O)[C@H]2F)c(=O)[nH]c1=O. The molecule has 118 valence electrons. The smallest absolute Gasteiger partial charge is 0.330 e. The van der Waals surface area contributed by atoms with Gasteiger partial charge >= 0.3 is 5.69 Å². The molecule has 0 aliphatic carbocycles. The maximum atomic E-state index is 14.0. The van der Waals surface area contributed by atoms with Crippen LogP contribution in [-0.2, 0) is 4.74 Å². The molecule has 2 N–H and O–H groups in total. The standard InChI is InChI=1S/C12H15F3N2O4/c1-5-4-17(11(20)16-9(5)19)10-7(13)8(18)6(21-10)3-12(2,14)15/h4,6-8,10,18H,3H2,1-2H3,(H,16,19,20)/t6-,7-,8-,10-/m1/s1. The molecule has 2 heterocycles. The van der Waals surface area contributed by atoms with Crippen molar-refractivity contribution >= 4 is 0 Å². The number of ether oxygens (including phenoxy) is 1. The van der Waals surface area contributed by atoms with Crippen molar-refractivity contribution in [1.82, 2.24) is 9.55 Å². The molecular weight excluding hydrogens is 293 g/mol. The van der Waals surface area contributed by atoms with Crippen LogP contribution in [0, 0.1) is 6.92 Å². The Balaban J connectivity index is 2.32. The third-order valence-corrected chi connectivity index (χ3v) is 3.27. The van der Waals surface area contributed by atoms with Gasteiger partial charge < -0.3 is 9.84 Å². The minimum Gasteiger partial charge on any atom is -0.387 e. The highest BCUT2D eigenvalue weighted by atomic mass is 19.3. The molecule has 1 aromatic heterocycles. The minimum atomic E-state index is -3.15. The van der Waals surface area contributed by atoms with Gasteiger partial charge in [-0.3, -0.25) is 14.3 Å². The second-order valence-corrected chi connectivity index (χ2v) is 5.25. The summed E-state index contributed by atoms with van der Waals surface area (Å²) < 4.78 is 45.8. The van der Waals surface area contributed by atoms with E-state index in [0.717, 1.165) is 10.8 Å².